The van der Waals surface area contributed by atoms with E-state index in [0.29, 0.717) is 5.71 Å². The van der Waals surface area contributed by atoms with Crippen molar-refractivity contribution >= 4 is 23.4 Å². The van der Waals surface area contributed by atoms with Crippen LogP contribution < -0.4 is 16.1 Å². The molecule has 4 fully saturated rings. The third-order valence-electron chi connectivity index (χ3n) is 5.83. The number of carbonyl (C=O) groups excluding carboxylic acids is 3. The standard InChI is InChI=1S/C19H30N4O3/c1-11(2)20-17(25)18(26)23-22-12(3)4-16(24)21-19-8-13-5-14(9-19)7-15(6-13)10-19/h11,13-15H,4-10H2,1-3H3,(H,20,25)(H,21,24)(H,23,26). The first-order valence-corrected chi connectivity index (χ1v) is 9.69. The van der Waals surface area contributed by atoms with Gasteiger partial charge in [-0.25, -0.2) is 5.43 Å². The molecular weight excluding hydrogens is 332 g/mol. The number of amides is 3. The Kier molecular flexibility index (Phi) is 5.34. The Labute approximate surface area is 154 Å². The molecule has 0 aromatic carbocycles. The van der Waals surface area contributed by atoms with Crippen molar-refractivity contribution < 1.29 is 14.4 Å². The van der Waals surface area contributed by atoms with Gasteiger partial charge in [0.15, 0.2) is 0 Å². The fraction of sp³-hybridized carbons (Fsp3) is 0.789. The van der Waals surface area contributed by atoms with Gasteiger partial charge in [-0.15, -0.1) is 0 Å². The molecule has 4 aliphatic rings. The van der Waals surface area contributed by atoms with Gasteiger partial charge in [0.05, 0.1) is 6.42 Å². The third kappa shape index (κ3) is 4.43. The van der Waals surface area contributed by atoms with Gasteiger partial charge in [0.1, 0.15) is 0 Å². The number of carbonyl (C=O) groups is 3. The number of hydrogen-bond donors (Lipinski definition) is 3. The van der Waals surface area contributed by atoms with Crippen LogP contribution in [0, 0.1) is 17.8 Å². The maximum Gasteiger partial charge on any atom is 0.329 e. The topological polar surface area (TPSA) is 99.7 Å². The van der Waals surface area contributed by atoms with Crippen LogP contribution in [0.1, 0.15) is 65.7 Å². The normalized spacial score (nSPS) is 32.5. The Morgan fingerprint density at radius 2 is 1.54 bits per heavy atom. The van der Waals surface area contributed by atoms with Crippen LogP contribution in [0.5, 0.6) is 0 Å². The minimum atomic E-state index is -0.820. The Hall–Kier alpha value is -1.92. The van der Waals surface area contributed by atoms with E-state index in [2.05, 4.69) is 21.2 Å². The highest BCUT2D eigenvalue weighted by molar-refractivity contribution is 6.35. The summed E-state index contributed by atoms with van der Waals surface area (Å²) in [4.78, 5) is 35.6. The van der Waals surface area contributed by atoms with Gasteiger partial charge in [-0.3, -0.25) is 14.4 Å². The van der Waals surface area contributed by atoms with Gasteiger partial charge in [0.25, 0.3) is 0 Å². The van der Waals surface area contributed by atoms with Gasteiger partial charge in [0, 0.05) is 17.3 Å². The predicted octanol–water partition coefficient (Wildman–Crippen LogP) is 1.48. The minimum absolute atomic E-state index is 0.0213. The first kappa shape index (κ1) is 18.9. The first-order valence-electron chi connectivity index (χ1n) is 9.69. The molecule has 0 aromatic heterocycles. The number of hydrazone groups is 1. The van der Waals surface area contributed by atoms with E-state index >= 15 is 0 Å². The number of nitrogens with one attached hydrogen (secondary N) is 3. The van der Waals surface area contributed by atoms with Crippen molar-refractivity contribution in [2.75, 3.05) is 0 Å². The van der Waals surface area contributed by atoms with Crippen LogP contribution in [0.2, 0.25) is 0 Å². The van der Waals surface area contributed by atoms with Crippen LogP contribution in [-0.4, -0.2) is 35.0 Å². The molecule has 0 heterocycles. The maximum absolute atomic E-state index is 12.5. The van der Waals surface area contributed by atoms with E-state index in [0.717, 1.165) is 37.0 Å². The molecule has 7 nitrogen and oxygen atoms in total. The summed E-state index contributed by atoms with van der Waals surface area (Å²) in [5.41, 5.74) is 2.67. The van der Waals surface area contributed by atoms with E-state index in [1.807, 2.05) is 0 Å². The molecule has 4 rings (SSSR count). The van der Waals surface area contributed by atoms with Gasteiger partial charge in [-0.05, 0) is 77.0 Å². The molecule has 0 spiro atoms. The Balaban J connectivity index is 1.49. The third-order valence-corrected chi connectivity index (χ3v) is 5.83. The quantitative estimate of drug-likeness (QED) is 0.392. The highest BCUT2D eigenvalue weighted by atomic mass is 16.2. The second-order valence-corrected chi connectivity index (χ2v) is 8.84. The molecule has 26 heavy (non-hydrogen) atoms. The summed E-state index contributed by atoms with van der Waals surface area (Å²) in [6.07, 6.45) is 7.45. The Morgan fingerprint density at radius 3 is 2.04 bits per heavy atom. The van der Waals surface area contributed by atoms with Crippen molar-refractivity contribution in [3.05, 3.63) is 0 Å². The smallest absolute Gasteiger partial charge is 0.329 e. The molecule has 0 unspecified atom stereocenters. The van der Waals surface area contributed by atoms with E-state index in [9.17, 15) is 14.4 Å². The molecule has 7 heteroatoms. The summed E-state index contributed by atoms with van der Waals surface area (Å²) in [5.74, 6) is 0.725. The van der Waals surface area contributed by atoms with Crippen LogP contribution in [0.25, 0.3) is 0 Å². The molecule has 0 aliphatic heterocycles. The van der Waals surface area contributed by atoms with Gasteiger partial charge in [-0.2, -0.15) is 5.10 Å². The summed E-state index contributed by atoms with van der Waals surface area (Å²) in [7, 11) is 0. The number of rotatable bonds is 5. The lowest BCUT2D eigenvalue weighted by atomic mass is 9.53. The summed E-state index contributed by atoms with van der Waals surface area (Å²) in [6, 6.07) is -0.121. The van der Waals surface area contributed by atoms with Crippen LogP contribution in [0.4, 0.5) is 0 Å². The lowest BCUT2D eigenvalue weighted by molar-refractivity contribution is -0.139. The SMILES string of the molecule is CC(CC(=O)NC12CC3CC(CC(C3)C1)C2)=NNC(=O)C(=O)NC(C)C. The van der Waals surface area contributed by atoms with E-state index < -0.39 is 11.8 Å². The number of nitrogens with zero attached hydrogens (tertiary/aromatic N) is 1. The van der Waals surface area contributed by atoms with E-state index in [-0.39, 0.29) is 23.9 Å². The van der Waals surface area contributed by atoms with Crippen molar-refractivity contribution in [2.24, 2.45) is 22.9 Å². The second-order valence-electron chi connectivity index (χ2n) is 8.84. The molecule has 3 amide bonds. The zero-order chi connectivity index (χ0) is 18.9. The van der Waals surface area contributed by atoms with Crippen molar-refractivity contribution in [1.82, 2.24) is 16.1 Å². The molecule has 0 atom stereocenters. The molecule has 4 aliphatic carbocycles. The molecule has 144 valence electrons. The maximum atomic E-state index is 12.5. The average Bonchev–Trinajstić information content (AvgIpc) is 2.49. The molecule has 0 saturated heterocycles. The zero-order valence-electron chi connectivity index (χ0n) is 15.9. The van der Waals surface area contributed by atoms with Crippen molar-refractivity contribution in [3.8, 4) is 0 Å². The van der Waals surface area contributed by atoms with Crippen molar-refractivity contribution in [2.45, 2.75) is 77.3 Å². The largest absolute Gasteiger partial charge is 0.350 e. The first-order chi connectivity index (χ1) is 12.2. The Bertz CT molecular complexity index is 591. The van der Waals surface area contributed by atoms with Gasteiger partial charge in [0.2, 0.25) is 5.91 Å². The van der Waals surface area contributed by atoms with E-state index in [1.54, 1.807) is 20.8 Å². The molecule has 0 aromatic rings. The van der Waals surface area contributed by atoms with Gasteiger partial charge >= 0.3 is 11.8 Å². The highest BCUT2D eigenvalue weighted by Crippen LogP contribution is 2.55. The van der Waals surface area contributed by atoms with Gasteiger partial charge < -0.3 is 10.6 Å². The molecule has 4 saturated carbocycles. The van der Waals surface area contributed by atoms with E-state index in [1.165, 1.54) is 19.3 Å². The minimum Gasteiger partial charge on any atom is -0.350 e. The fourth-order valence-corrected chi connectivity index (χ4v) is 5.40. The van der Waals surface area contributed by atoms with Crippen LogP contribution in [-0.2, 0) is 14.4 Å². The summed E-state index contributed by atoms with van der Waals surface area (Å²) in [6.45, 7) is 5.23. The van der Waals surface area contributed by atoms with Crippen LogP contribution >= 0.6 is 0 Å². The predicted molar refractivity (Wildman–Crippen MR) is 98.2 cm³/mol. The lowest BCUT2D eigenvalue weighted by Crippen LogP contribution is -2.60. The fourth-order valence-electron chi connectivity index (χ4n) is 5.40. The second kappa shape index (κ2) is 7.37. The Morgan fingerprint density at radius 1 is 1.00 bits per heavy atom. The molecular formula is C19H30N4O3. The highest BCUT2D eigenvalue weighted by Gasteiger charge is 2.51. The molecule has 0 radical (unpaired) electrons. The zero-order valence-corrected chi connectivity index (χ0v) is 15.9. The van der Waals surface area contributed by atoms with Crippen molar-refractivity contribution in [1.29, 1.82) is 0 Å². The number of hydrogen-bond acceptors (Lipinski definition) is 4. The van der Waals surface area contributed by atoms with E-state index in [4.69, 9.17) is 0 Å². The molecule has 4 bridgehead atoms. The van der Waals surface area contributed by atoms with Gasteiger partial charge in [-0.1, -0.05) is 0 Å². The summed E-state index contributed by atoms with van der Waals surface area (Å²) in [5, 5.41) is 9.66. The van der Waals surface area contributed by atoms with Crippen LogP contribution in [0.3, 0.4) is 0 Å². The summed E-state index contributed by atoms with van der Waals surface area (Å²) < 4.78 is 0. The average molecular weight is 362 g/mol. The lowest BCUT2D eigenvalue weighted by Gasteiger charge is -2.56. The molecule has 3 N–H and O–H groups in total. The summed E-state index contributed by atoms with van der Waals surface area (Å²) >= 11 is 0. The monoisotopic (exact) mass is 362 g/mol. The van der Waals surface area contributed by atoms with Crippen LogP contribution in [0.15, 0.2) is 5.10 Å². The van der Waals surface area contributed by atoms with Crippen molar-refractivity contribution in [3.63, 3.8) is 0 Å².